The summed E-state index contributed by atoms with van der Waals surface area (Å²) < 4.78 is 0. The van der Waals surface area contributed by atoms with E-state index in [-0.39, 0.29) is 5.91 Å². The van der Waals surface area contributed by atoms with Crippen molar-refractivity contribution in [1.29, 1.82) is 0 Å². The summed E-state index contributed by atoms with van der Waals surface area (Å²) in [5, 5.41) is 2.95. The second-order valence-electron chi connectivity index (χ2n) is 7.49. The van der Waals surface area contributed by atoms with Crippen LogP contribution >= 0.6 is 0 Å². The van der Waals surface area contributed by atoms with E-state index < -0.39 is 0 Å². The van der Waals surface area contributed by atoms with Crippen LogP contribution in [0.15, 0.2) is 97.2 Å². The molecule has 1 heterocycles. The molecule has 0 unspecified atom stereocenters. The lowest BCUT2D eigenvalue weighted by atomic mass is 10.1. The number of nitrogens with one attached hydrogen (secondary N) is 1. The number of carbonyl (C=O) groups is 1. The highest BCUT2D eigenvalue weighted by atomic mass is 16.1. The van der Waals surface area contributed by atoms with Crippen LogP contribution in [0.3, 0.4) is 0 Å². The van der Waals surface area contributed by atoms with Crippen LogP contribution in [0.1, 0.15) is 29.7 Å². The van der Waals surface area contributed by atoms with Crippen LogP contribution in [-0.2, 0) is 11.2 Å². The Hall–Kier alpha value is -4.05. The van der Waals surface area contributed by atoms with Gasteiger partial charge < -0.3 is 5.32 Å². The molecule has 4 aromatic rings. The van der Waals surface area contributed by atoms with Gasteiger partial charge in [0.25, 0.3) is 0 Å². The summed E-state index contributed by atoms with van der Waals surface area (Å²) >= 11 is 0. The maximum absolute atomic E-state index is 12.6. The Kier molecular flexibility index (Phi) is 7.17. The van der Waals surface area contributed by atoms with Crippen LogP contribution in [0, 0.1) is 0 Å². The van der Waals surface area contributed by atoms with E-state index in [4.69, 9.17) is 4.98 Å². The van der Waals surface area contributed by atoms with Crippen molar-refractivity contribution in [3.05, 3.63) is 114 Å². The highest BCUT2D eigenvalue weighted by Crippen LogP contribution is 2.21. The molecule has 3 aromatic carbocycles. The number of anilines is 1. The van der Waals surface area contributed by atoms with Crippen LogP contribution in [0.25, 0.3) is 23.4 Å². The van der Waals surface area contributed by atoms with Gasteiger partial charge in [0.1, 0.15) is 5.69 Å². The fourth-order valence-electron chi connectivity index (χ4n) is 3.40. The van der Waals surface area contributed by atoms with Gasteiger partial charge in [0, 0.05) is 12.0 Å². The van der Waals surface area contributed by atoms with Crippen molar-refractivity contribution in [2.24, 2.45) is 0 Å². The minimum absolute atomic E-state index is 0.0583. The Bertz CT molecular complexity index is 1170. The summed E-state index contributed by atoms with van der Waals surface area (Å²) in [5.74, 6) is 0.415. The molecule has 1 N–H and O–H groups in total. The normalized spacial score (nSPS) is 10.9. The average Bonchev–Trinajstić information content (AvgIpc) is 2.85. The third kappa shape index (κ3) is 5.99. The number of amides is 1. The van der Waals surface area contributed by atoms with E-state index in [0.717, 1.165) is 29.7 Å². The van der Waals surface area contributed by atoms with Crippen molar-refractivity contribution >= 4 is 23.9 Å². The first kappa shape index (κ1) is 21.2. The van der Waals surface area contributed by atoms with E-state index in [9.17, 15) is 4.79 Å². The van der Waals surface area contributed by atoms with Crippen molar-refractivity contribution in [3.8, 4) is 11.3 Å². The van der Waals surface area contributed by atoms with Gasteiger partial charge in [-0.05, 0) is 30.0 Å². The zero-order chi connectivity index (χ0) is 22.0. The van der Waals surface area contributed by atoms with Gasteiger partial charge in [-0.2, -0.15) is 0 Å². The maximum atomic E-state index is 12.6. The number of hydrogen-bond acceptors (Lipinski definition) is 3. The van der Waals surface area contributed by atoms with E-state index in [1.165, 1.54) is 5.56 Å². The fraction of sp³-hybridized carbons (Fsp3) is 0.107. The third-order valence-electron chi connectivity index (χ3n) is 5.07. The molecule has 4 nitrogen and oxygen atoms in total. The Morgan fingerprint density at radius 3 is 2.19 bits per heavy atom. The van der Waals surface area contributed by atoms with Gasteiger partial charge in [0.2, 0.25) is 5.91 Å². The van der Waals surface area contributed by atoms with Crippen molar-refractivity contribution in [1.82, 2.24) is 9.97 Å². The van der Waals surface area contributed by atoms with Crippen molar-refractivity contribution in [3.63, 3.8) is 0 Å². The first-order valence-corrected chi connectivity index (χ1v) is 10.8. The molecule has 4 heteroatoms. The Morgan fingerprint density at radius 2 is 1.47 bits per heavy atom. The van der Waals surface area contributed by atoms with Crippen molar-refractivity contribution in [2.45, 2.75) is 19.3 Å². The predicted molar refractivity (Wildman–Crippen MR) is 131 cm³/mol. The summed E-state index contributed by atoms with van der Waals surface area (Å²) in [4.78, 5) is 21.9. The highest BCUT2D eigenvalue weighted by Gasteiger charge is 2.10. The number of carbonyl (C=O) groups excluding carboxylic acids is 1. The summed E-state index contributed by atoms with van der Waals surface area (Å²) in [6.45, 7) is 0. The number of hydrogen-bond donors (Lipinski definition) is 1. The molecule has 0 atom stereocenters. The first-order valence-electron chi connectivity index (χ1n) is 10.8. The third-order valence-corrected chi connectivity index (χ3v) is 5.07. The smallest absolute Gasteiger partial charge is 0.225 e. The Balaban J connectivity index is 1.50. The molecule has 158 valence electrons. The monoisotopic (exact) mass is 419 g/mol. The molecule has 1 amide bonds. The van der Waals surface area contributed by atoms with Gasteiger partial charge in [0.15, 0.2) is 5.82 Å². The van der Waals surface area contributed by atoms with Gasteiger partial charge in [-0.25, -0.2) is 9.97 Å². The van der Waals surface area contributed by atoms with Crippen molar-refractivity contribution < 1.29 is 4.79 Å². The highest BCUT2D eigenvalue weighted by molar-refractivity contribution is 5.92. The Labute approximate surface area is 188 Å². The molecule has 0 saturated carbocycles. The molecular weight excluding hydrogens is 394 g/mol. The number of nitrogens with zero attached hydrogens (tertiary/aromatic N) is 2. The minimum atomic E-state index is -0.0583. The molecule has 0 aliphatic heterocycles. The zero-order valence-corrected chi connectivity index (χ0v) is 17.8. The minimum Gasteiger partial charge on any atom is -0.309 e. The van der Waals surface area contributed by atoms with Gasteiger partial charge in [-0.3, -0.25) is 4.79 Å². The molecule has 0 aliphatic rings. The molecule has 1 aromatic heterocycles. The van der Waals surface area contributed by atoms with Gasteiger partial charge in [0.05, 0.1) is 11.9 Å². The number of aryl methyl sites for hydroxylation is 1. The largest absolute Gasteiger partial charge is 0.309 e. The molecule has 0 bridgehead atoms. The number of benzene rings is 3. The van der Waals surface area contributed by atoms with Crippen LogP contribution < -0.4 is 5.32 Å². The summed E-state index contributed by atoms with van der Waals surface area (Å²) in [5.41, 5.74) is 4.67. The lowest BCUT2D eigenvalue weighted by Crippen LogP contribution is -2.14. The lowest BCUT2D eigenvalue weighted by molar-refractivity contribution is -0.116. The molecule has 4 rings (SSSR count). The van der Waals surface area contributed by atoms with Gasteiger partial charge in [-0.1, -0.05) is 97.1 Å². The van der Waals surface area contributed by atoms with E-state index in [1.807, 2.05) is 91.0 Å². The predicted octanol–water partition coefficient (Wildman–Crippen LogP) is 6.28. The molecule has 32 heavy (non-hydrogen) atoms. The number of aromatic nitrogens is 2. The second-order valence-corrected chi connectivity index (χ2v) is 7.49. The number of rotatable bonds is 8. The molecule has 0 saturated heterocycles. The van der Waals surface area contributed by atoms with Crippen LogP contribution in [-0.4, -0.2) is 15.9 Å². The fourth-order valence-corrected chi connectivity index (χ4v) is 3.40. The second kappa shape index (κ2) is 10.8. The molecule has 0 radical (unpaired) electrons. The lowest BCUT2D eigenvalue weighted by Gasteiger charge is -2.09. The maximum Gasteiger partial charge on any atom is 0.225 e. The molecule has 0 aliphatic carbocycles. The molecule has 0 fully saturated rings. The standard InChI is InChI=1S/C28H25N3O/c32-27(18-10-15-22-11-4-1-5-12-22)31-28-25(20-19-23-13-6-2-7-14-23)30-26(21-29-28)24-16-8-3-9-17-24/h1-9,11-14,16-17,19-21H,10,15,18H2,(H,29,31,32)/b20-19+. The Morgan fingerprint density at radius 1 is 0.812 bits per heavy atom. The van der Waals surface area contributed by atoms with E-state index in [1.54, 1.807) is 6.20 Å². The zero-order valence-electron chi connectivity index (χ0n) is 17.8. The van der Waals surface area contributed by atoms with E-state index >= 15 is 0 Å². The van der Waals surface area contributed by atoms with Crippen LogP contribution in [0.5, 0.6) is 0 Å². The molecular formula is C28H25N3O. The van der Waals surface area contributed by atoms with E-state index in [2.05, 4.69) is 22.4 Å². The van der Waals surface area contributed by atoms with Crippen LogP contribution in [0.2, 0.25) is 0 Å². The van der Waals surface area contributed by atoms with Gasteiger partial charge >= 0.3 is 0 Å². The van der Waals surface area contributed by atoms with E-state index in [0.29, 0.717) is 17.9 Å². The van der Waals surface area contributed by atoms with Gasteiger partial charge in [-0.15, -0.1) is 0 Å². The SMILES string of the molecule is O=C(CCCc1ccccc1)Nc1ncc(-c2ccccc2)nc1/C=C/c1ccccc1. The average molecular weight is 420 g/mol. The topological polar surface area (TPSA) is 54.9 Å². The first-order chi connectivity index (χ1) is 15.8. The van der Waals surface area contributed by atoms with Crippen LogP contribution in [0.4, 0.5) is 5.82 Å². The van der Waals surface area contributed by atoms with Crippen molar-refractivity contribution in [2.75, 3.05) is 5.32 Å². The quantitative estimate of drug-likeness (QED) is 0.366. The molecule has 0 spiro atoms. The summed E-state index contributed by atoms with van der Waals surface area (Å²) in [6, 6.07) is 30.1. The summed E-state index contributed by atoms with van der Waals surface area (Å²) in [6.07, 6.45) is 7.65. The summed E-state index contributed by atoms with van der Waals surface area (Å²) in [7, 11) is 0.